The van der Waals surface area contributed by atoms with E-state index in [-0.39, 0.29) is 0 Å². The zero-order valence-corrected chi connectivity index (χ0v) is 18.0. The third-order valence-electron chi connectivity index (χ3n) is 5.45. The van der Waals surface area contributed by atoms with Gasteiger partial charge in [0.2, 0.25) is 0 Å². The van der Waals surface area contributed by atoms with Crippen molar-refractivity contribution in [1.29, 1.82) is 0 Å². The molecule has 2 aromatic heterocycles. The van der Waals surface area contributed by atoms with Crippen molar-refractivity contribution < 1.29 is 4.74 Å². The monoisotopic (exact) mass is 409 g/mol. The van der Waals surface area contributed by atoms with Crippen LogP contribution in [-0.4, -0.2) is 33.0 Å². The van der Waals surface area contributed by atoms with Crippen molar-refractivity contribution in [2.75, 3.05) is 12.4 Å². The van der Waals surface area contributed by atoms with Crippen molar-refractivity contribution in [2.45, 2.75) is 52.0 Å². The topological polar surface area (TPSA) is 64.0 Å². The fraction of sp³-hybridized carbons (Fsp3) is 0.409. The van der Waals surface area contributed by atoms with Crippen LogP contribution in [0.15, 0.2) is 30.3 Å². The summed E-state index contributed by atoms with van der Waals surface area (Å²) in [5.41, 5.74) is 2.84. The highest BCUT2D eigenvalue weighted by Crippen LogP contribution is 2.28. The van der Waals surface area contributed by atoms with Crippen LogP contribution < -0.4 is 15.4 Å². The molecular weight excluding hydrogens is 382 g/mol. The van der Waals surface area contributed by atoms with Gasteiger partial charge < -0.3 is 15.4 Å². The molecule has 0 bridgehead atoms. The van der Waals surface area contributed by atoms with Gasteiger partial charge in [0.1, 0.15) is 17.1 Å². The maximum absolute atomic E-state index is 5.57. The molecule has 29 heavy (non-hydrogen) atoms. The second-order valence-electron chi connectivity index (χ2n) is 7.67. The van der Waals surface area contributed by atoms with Crippen LogP contribution in [0.3, 0.4) is 0 Å². The molecule has 0 spiro atoms. The lowest BCUT2D eigenvalue weighted by molar-refractivity contribution is 0.414. The fourth-order valence-corrected chi connectivity index (χ4v) is 4.27. The van der Waals surface area contributed by atoms with Gasteiger partial charge in [-0.3, -0.25) is 0 Å². The normalized spacial score (nSPS) is 14.7. The van der Waals surface area contributed by atoms with Crippen molar-refractivity contribution in [3.05, 3.63) is 41.6 Å². The molecule has 1 fully saturated rings. The number of para-hydroxylation sites is 1. The molecule has 0 unspecified atom stereocenters. The van der Waals surface area contributed by atoms with Gasteiger partial charge in [0.25, 0.3) is 0 Å². The molecular formula is C22H27N5OS. The Morgan fingerprint density at radius 1 is 1.17 bits per heavy atom. The summed E-state index contributed by atoms with van der Waals surface area (Å²) in [6.45, 7) is 4.04. The van der Waals surface area contributed by atoms with Crippen LogP contribution in [0.4, 0.5) is 5.82 Å². The summed E-state index contributed by atoms with van der Waals surface area (Å²) in [5.74, 6) is 2.29. The van der Waals surface area contributed by atoms with Crippen molar-refractivity contribution >= 4 is 34.1 Å². The lowest BCUT2D eigenvalue weighted by atomic mass is 9.96. The first kappa shape index (κ1) is 19.6. The number of hydrogen-bond donors (Lipinski definition) is 2. The van der Waals surface area contributed by atoms with Gasteiger partial charge in [-0.1, -0.05) is 31.4 Å². The zero-order chi connectivity index (χ0) is 20.4. The first-order chi connectivity index (χ1) is 14.0. The van der Waals surface area contributed by atoms with Gasteiger partial charge in [0, 0.05) is 17.5 Å². The van der Waals surface area contributed by atoms with Crippen molar-refractivity contribution in [2.24, 2.45) is 0 Å². The quantitative estimate of drug-likeness (QED) is 0.611. The maximum atomic E-state index is 5.57. The highest BCUT2D eigenvalue weighted by molar-refractivity contribution is 7.80. The average molecular weight is 410 g/mol. The van der Waals surface area contributed by atoms with Gasteiger partial charge in [-0.2, -0.15) is 9.78 Å². The number of aryl methyl sites for hydroxylation is 2. The minimum Gasteiger partial charge on any atom is -0.494 e. The Hall–Kier alpha value is -2.67. The van der Waals surface area contributed by atoms with Crippen LogP contribution in [0.25, 0.3) is 16.7 Å². The molecule has 0 aliphatic heterocycles. The van der Waals surface area contributed by atoms with Crippen LogP contribution in [0.5, 0.6) is 5.75 Å². The molecule has 1 aliphatic carbocycles. The van der Waals surface area contributed by atoms with Crippen LogP contribution in [-0.2, 0) is 0 Å². The van der Waals surface area contributed by atoms with E-state index in [0.29, 0.717) is 11.2 Å². The number of nitrogens with zero attached hydrogens (tertiary/aromatic N) is 3. The number of thiocarbonyl (C=S) groups is 1. The van der Waals surface area contributed by atoms with E-state index < -0.39 is 0 Å². The van der Waals surface area contributed by atoms with Gasteiger partial charge >= 0.3 is 0 Å². The Bertz CT molecular complexity index is 1040. The van der Waals surface area contributed by atoms with Crippen molar-refractivity contribution in [3.63, 3.8) is 0 Å². The third kappa shape index (κ3) is 4.19. The minimum absolute atomic E-state index is 0.450. The molecule has 152 valence electrons. The molecule has 7 heteroatoms. The van der Waals surface area contributed by atoms with E-state index in [9.17, 15) is 0 Å². The molecule has 1 aliphatic rings. The summed E-state index contributed by atoms with van der Waals surface area (Å²) < 4.78 is 7.33. The molecule has 1 saturated carbocycles. The number of ether oxygens (including phenoxy) is 1. The molecule has 0 atom stereocenters. The van der Waals surface area contributed by atoms with Crippen LogP contribution >= 0.6 is 12.2 Å². The van der Waals surface area contributed by atoms with Crippen molar-refractivity contribution in [3.8, 4) is 11.6 Å². The number of nitrogens with one attached hydrogen (secondary N) is 2. The van der Waals surface area contributed by atoms with Crippen LogP contribution in [0.1, 0.15) is 43.4 Å². The second-order valence-corrected chi connectivity index (χ2v) is 8.08. The van der Waals surface area contributed by atoms with E-state index >= 15 is 0 Å². The molecule has 6 nitrogen and oxygen atoms in total. The Morgan fingerprint density at radius 3 is 2.72 bits per heavy atom. The zero-order valence-electron chi connectivity index (χ0n) is 17.2. The SMILES string of the molecule is COc1cccc2c(C)cc(-n3nc(C)cc3NC(=S)NC3CCCCC3)nc12. The number of anilines is 1. The van der Waals surface area contributed by atoms with E-state index in [2.05, 4.69) is 28.7 Å². The lowest BCUT2D eigenvalue weighted by Gasteiger charge is -2.24. The molecule has 1 aromatic carbocycles. The largest absolute Gasteiger partial charge is 0.494 e. The standard InChI is InChI=1S/C22H27N5OS/c1-14-12-19(24-21-17(14)10-7-11-18(21)28-3)27-20(13-15(2)26-27)25-22(29)23-16-8-5-4-6-9-16/h7,10-13,16H,4-6,8-9H2,1-3H3,(H2,23,25,29). The minimum atomic E-state index is 0.450. The summed E-state index contributed by atoms with van der Waals surface area (Å²) in [5, 5.41) is 13.1. The predicted molar refractivity (Wildman–Crippen MR) is 121 cm³/mol. The molecule has 2 N–H and O–H groups in total. The molecule has 2 heterocycles. The highest BCUT2D eigenvalue weighted by Gasteiger charge is 2.17. The summed E-state index contributed by atoms with van der Waals surface area (Å²) in [6.07, 6.45) is 6.19. The Balaban J connectivity index is 1.65. The van der Waals surface area contributed by atoms with E-state index in [1.165, 1.54) is 32.1 Å². The Morgan fingerprint density at radius 2 is 1.97 bits per heavy atom. The number of methoxy groups -OCH3 is 1. The van der Waals surface area contributed by atoms with Crippen molar-refractivity contribution in [1.82, 2.24) is 20.1 Å². The molecule has 0 radical (unpaired) electrons. The highest BCUT2D eigenvalue weighted by atomic mass is 32.1. The van der Waals surface area contributed by atoms with E-state index in [4.69, 9.17) is 21.9 Å². The first-order valence-electron chi connectivity index (χ1n) is 10.1. The fourth-order valence-electron chi connectivity index (χ4n) is 4.00. The predicted octanol–water partition coefficient (Wildman–Crippen LogP) is 4.67. The van der Waals surface area contributed by atoms with Crippen LogP contribution in [0, 0.1) is 13.8 Å². The van der Waals surface area contributed by atoms with Gasteiger partial charge in [0.05, 0.1) is 12.8 Å². The number of rotatable bonds is 4. The number of aromatic nitrogens is 3. The smallest absolute Gasteiger partial charge is 0.172 e. The maximum Gasteiger partial charge on any atom is 0.172 e. The molecule has 4 rings (SSSR count). The van der Waals surface area contributed by atoms with Crippen LogP contribution in [0.2, 0.25) is 0 Å². The number of hydrogen-bond acceptors (Lipinski definition) is 4. The Labute approximate surface area is 176 Å². The first-order valence-corrected chi connectivity index (χ1v) is 10.5. The summed E-state index contributed by atoms with van der Waals surface area (Å²) in [7, 11) is 1.67. The molecule has 0 amide bonds. The second kappa shape index (κ2) is 8.37. The van der Waals surface area contributed by atoms with E-state index in [1.54, 1.807) is 7.11 Å². The summed E-state index contributed by atoms with van der Waals surface area (Å²) in [6, 6.07) is 10.4. The van der Waals surface area contributed by atoms with E-state index in [1.807, 2.05) is 35.9 Å². The van der Waals surface area contributed by atoms with Gasteiger partial charge in [-0.25, -0.2) is 4.98 Å². The molecule has 3 aromatic rings. The Kier molecular flexibility index (Phi) is 5.67. The third-order valence-corrected chi connectivity index (χ3v) is 5.67. The van der Waals surface area contributed by atoms with E-state index in [0.717, 1.165) is 39.5 Å². The summed E-state index contributed by atoms with van der Waals surface area (Å²) >= 11 is 5.57. The summed E-state index contributed by atoms with van der Waals surface area (Å²) in [4.78, 5) is 4.85. The number of pyridine rings is 1. The number of benzene rings is 1. The number of fused-ring (bicyclic) bond motifs is 1. The van der Waals surface area contributed by atoms with Gasteiger partial charge in [-0.15, -0.1) is 0 Å². The average Bonchev–Trinajstić information content (AvgIpc) is 3.08. The van der Waals surface area contributed by atoms with Gasteiger partial charge in [0.15, 0.2) is 10.9 Å². The lowest BCUT2D eigenvalue weighted by Crippen LogP contribution is -2.39. The van der Waals surface area contributed by atoms with Gasteiger partial charge in [-0.05, 0) is 56.6 Å². The molecule has 0 saturated heterocycles.